The van der Waals surface area contributed by atoms with Crippen molar-refractivity contribution in [2.75, 3.05) is 0 Å². The Hall–Kier alpha value is -1.35. The summed E-state index contributed by atoms with van der Waals surface area (Å²) in [5.41, 5.74) is 1.90. The minimum atomic E-state index is -0.917. The second-order valence-corrected chi connectivity index (χ2v) is 3.64. The topological polar surface area (TPSA) is 37.3 Å². The average Bonchev–Trinajstić information content (AvgIpc) is 2.38. The molecule has 0 aromatic heterocycles. The first-order valence-corrected chi connectivity index (χ1v) is 5.33. The van der Waals surface area contributed by atoms with Crippen LogP contribution in [0.2, 0.25) is 0 Å². The van der Waals surface area contributed by atoms with E-state index in [0.717, 1.165) is 5.56 Å². The fourth-order valence-electron chi connectivity index (χ4n) is 1.60. The van der Waals surface area contributed by atoms with Crippen molar-refractivity contribution >= 4 is 17.6 Å². The number of benzene rings is 2. The van der Waals surface area contributed by atoms with E-state index in [2.05, 4.69) is 0 Å². The van der Waals surface area contributed by atoms with Crippen LogP contribution in [0, 0.1) is 0 Å². The molecular formula is C15H13NaO2. The van der Waals surface area contributed by atoms with Gasteiger partial charge in [-0.1, -0.05) is 60.7 Å². The molecule has 0 amide bonds. The third kappa shape index (κ3) is 3.84. The first-order valence-electron chi connectivity index (χ1n) is 5.33. The summed E-state index contributed by atoms with van der Waals surface area (Å²) in [6.07, 6.45) is 1.68. The maximum atomic E-state index is 11.2. The summed E-state index contributed by atoms with van der Waals surface area (Å²) in [5.74, 6) is -0.917. The quantitative estimate of drug-likeness (QED) is 0.486. The van der Waals surface area contributed by atoms with Crippen LogP contribution in [-0.4, -0.2) is 11.1 Å². The van der Waals surface area contributed by atoms with Crippen LogP contribution in [0.5, 0.6) is 0 Å². The third-order valence-electron chi connectivity index (χ3n) is 2.43. The molecule has 0 heterocycles. The second-order valence-electron chi connectivity index (χ2n) is 3.64. The van der Waals surface area contributed by atoms with Crippen LogP contribution in [0.25, 0.3) is 11.6 Å². The van der Waals surface area contributed by atoms with Gasteiger partial charge in [0.05, 0.1) is 5.57 Å². The standard InChI is InChI=1S/C15H12O2.Na.H/c16-15(17)14(13-9-5-2-6-10-13)11-12-7-3-1-4-8-12;;/h1-11H,(H,16,17);;/q;+1;-1. The van der Waals surface area contributed by atoms with Crippen molar-refractivity contribution < 1.29 is 40.9 Å². The van der Waals surface area contributed by atoms with Gasteiger partial charge in [0.2, 0.25) is 0 Å². The van der Waals surface area contributed by atoms with Gasteiger partial charge in [-0.25, -0.2) is 4.79 Å². The van der Waals surface area contributed by atoms with E-state index >= 15 is 0 Å². The van der Waals surface area contributed by atoms with Gasteiger partial charge in [-0.2, -0.15) is 0 Å². The van der Waals surface area contributed by atoms with Gasteiger partial charge in [0.25, 0.3) is 0 Å². The molecule has 0 spiro atoms. The van der Waals surface area contributed by atoms with Crippen LogP contribution in [0.3, 0.4) is 0 Å². The van der Waals surface area contributed by atoms with E-state index in [0.29, 0.717) is 11.1 Å². The molecule has 0 saturated heterocycles. The zero-order chi connectivity index (χ0) is 12.1. The minimum Gasteiger partial charge on any atom is -1.00 e. The van der Waals surface area contributed by atoms with Gasteiger partial charge < -0.3 is 6.53 Å². The number of rotatable bonds is 3. The predicted molar refractivity (Wildman–Crippen MR) is 69.5 cm³/mol. The van der Waals surface area contributed by atoms with Crippen LogP contribution in [0.4, 0.5) is 0 Å². The first kappa shape index (κ1) is 14.7. The number of carboxylic acid groups (broad SMARTS) is 1. The molecule has 0 bridgehead atoms. The zero-order valence-electron chi connectivity index (χ0n) is 11.2. The smallest absolute Gasteiger partial charge is 1.00 e. The van der Waals surface area contributed by atoms with Crippen molar-refractivity contribution in [2.24, 2.45) is 0 Å². The normalized spacial score (nSPS) is 10.6. The maximum absolute atomic E-state index is 11.2. The molecule has 0 saturated carbocycles. The summed E-state index contributed by atoms with van der Waals surface area (Å²) in [7, 11) is 0. The van der Waals surface area contributed by atoms with E-state index in [-0.39, 0.29) is 31.0 Å². The summed E-state index contributed by atoms with van der Waals surface area (Å²) in [6.45, 7) is 0. The number of aliphatic carboxylic acids is 1. The Kier molecular flexibility index (Phi) is 5.86. The van der Waals surface area contributed by atoms with Crippen LogP contribution in [0.15, 0.2) is 60.7 Å². The zero-order valence-corrected chi connectivity index (χ0v) is 12.2. The van der Waals surface area contributed by atoms with Crippen molar-refractivity contribution in [1.29, 1.82) is 0 Å². The molecule has 18 heavy (non-hydrogen) atoms. The van der Waals surface area contributed by atoms with Crippen molar-refractivity contribution in [3.63, 3.8) is 0 Å². The predicted octanol–water partition coefficient (Wildman–Crippen LogP) is 0.428. The summed E-state index contributed by atoms with van der Waals surface area (Å²) >= 11 is 0. The van der Waals surface area contributed by atoms with Crippen LogP contribution >= 0.6 is 0 Å². The molecule has 0 fully saturated rings. The van der Waals surface area contributed by atoms with Crippen molar-refractivity contribution in [3.8, 4) is 0 Å². The number of carboxylic acids is 1. The Morgan fingerprint density at radius 1 is 0.944 bits per heavy atom. The molecule has 2 aromatic carbocycles. The van der Waals surface area contributed by atoms with Gasteiger partial charge in [0, 0.05) is 0 Å². The molecule has 0 radical (unpaired) electrons. The summed E-state index contributed by atoms with van der Waals surface area (Å²) in [5, 5.41) is 9.22. The molecule has 2 nitrogen and oxygen atoms in total. The molecule has 86 valence electrons. The molecule has 0 aliphatic carbocycles. The summed E-state index contributed by atoms with van der Waals surface area (Å²) in [6, 6.07) is 18.6. The van der Waals surface area contributed by atoms with Crippen LogP contribution < -0.4 is 29.6 Å². The van der Waals surface area contributed by atoms with E-state index in [9.17, 15) is 9.90 Å². The van der Waals surface area contributed by atoms with Crippen molar-refractivity contribution in [3.05, 3.63) is 71.8 Å². The third-order valence-corrected chi connectivity index (χ3v) is 2.43. The largest absolute Gasteiger partial charge is 1.00 e. The fourth-order valence-corrected chi connectivity index (χ4v) is 1.60. The van der Waals surface area contributed by atoms with Gasteiger partial charge in [0.15, 0.2) is 0 Å². The molecule has 2 aromatic rings. The van der Waals surface area contributed by atoms with Crippen molar-refractivity contribution in [1.82, 2.24) is 0 Å². The van der Waals surface area contributed by atoms with E-state index in [1.165, 1.54) is 0 Å². The molecule has 1 N–H and O–H groups in total. The van der Waals surface area contributed by atoms with Gasteiger partial charge >= 0.3 is 35.5 Å². The Labute approximate surface area is 130 Å². The van der Waals surface area contributed by atoms with E-state index < -0.39 is 5.97 Å². The molecule has 0 atom stereocenters. The maximum Gasteiger partial charge on any atom is 1.00 e. The van der Waals surface area contributed by atoms with Gasteiger partial charge in [-0.15, -0.1) is 0 Å². The van der Waals surface area contributed by atoms with E-state index in [1.54, 1.807) is 18.2 Å². The first-order chi connectivity index (χ1) is 8.27. The molecule has 2 rings (SSSR count). The molecule has 0 aliphatic rings. The minimum absolute atomic E-state index is 0. The Bertz CT molecular complexity index is 539. The Morgan fingerprint density at radius 3 is 1.94 bits per heavy atom. The average molecular weight is 248 g/mol. The number of carbonyl (C=O) groups is 1. The molecule has 3 heteroatoms. The van der Waals surface area contributed by atoms with Gasteiger partial charge in [0.1, 0.15) is 0 Å². The Balaban J connectivity index is 0.00000162. The van der Waals surface area contributed by atoms with E-state index in [1.807, 2.05) is 48.5 Å². The van der Waals surface area contributed by atoms with E-state index in [4.69, 9.17) is 0 Å². The monoisotopic (exact) mass is 248 g/mol. The van der Waals surface area contributed by atoms with Crippen molar-refractivity contribution in [2.45, 2.75) is 0 Å². The van der Waals surface area contributed by atoms with Gasteiger partial charge in [-0.3, -0.25) is 0 Å². The second kappa shape index (κ2) is 7.17. The number of hydrogen-bond donors (Lipinski definition) is 1. The molecule has 0 unspecified atom stereocenters. The van der Waals surface area contributed by atoms with Crippen LogP contribution in [0.1, 0.15) is 12.6 Å². The fraction of sp³-hybridized carbons (Fsp3) is 0. The summed E-state index contributed by atoms with van der Waals surface area (Å²) < 4.78 is 0. The molecular weight excluding hydrogens is 235 g/mol. The number of hydrogen-bond acceptors (Lipinski definition) is 1. The molecule has 0 aliphatic heterocycles. The SMILES string of the molecule is O=C(O)C(=Cc1ccccc1)c1ccccc1.[H-].[Na+]. The Morgan fingerprint density at radius 2 is 1.44 bits per heavy atom. The van der Waals surface area contributed by atoms with Gasteiger partial charge in [-0.05, 0) is 17.2 Å². The summed E-state index contributed by atoms with van der Waals surface area (Å²) in [4.78, 5) is 11.2. The van der Waals surface area contributed by atoms with Crippen LogP contribution in [-0.2, 0) is 4.79 Å².